The van der Waals surface area contributed by atoms with Crippen molar-refractivity contribution in [3.8, 4) is 11.1 Å². The van der Waals surface area contributed by atoms with E-state index in [4.69, 9.17) is 18.1 Å². The number of hydrogen-bond donors (Lipinski definition) is 0. The van der Waals surface area contributed by atoms with Gasteiger partial charge in [-0.15, -0.1) is 0 Å². The molecule has 0 N–H and O–H groups in total. The van der Waals surface area contributed by atoms with Gasteiger partial charge in [0.15, 0.2) is 0 Å². The van der Waals surface area contributed by atoms with Crippen LogP contribution in [0.4, 0.5) is 0 Å². The molecule has 0 aromatic heterocycles. The first kappa shape index (κ1) is 41.3. The van der Waals surface area contributed by atoms with Crippen molar-refractivity contribution < 1.29 is 27.2 Å². The van der Waals surface area contributed by atoms with Gasteiger partial charge in [-0.3, -0.25) is 9.13 Å². The van der Waals surface area contributed by atoms with Gasteiger partial charge in [-0.2, -0.15) is 0 Å². The SMILES string of the molecule is CCCOP(=O)(OCCC)C(c1ccccc1)(c1ccccc1)c1ccc(-c2ccc(C(c3ccccc3)(c3ccccc3)P(=O)(OCC)OCC)cc2)cc1. The molecule has 6 aromatic rings. The van der Waals surface area contributed by atoms with Crippen molar-refractivity contribution in [3.05, 3.63) is 203 Å². The number of benzene rings is 6. The third-order valence-corrected chi connectivity index (χ3v) is 15.5. The van der Waals surface area contributed by atoms with Crippen molar-refractivity contribution in [2.45, 2.75) is 50.8 Å². The first-order valence-electron chi connectivity index (χ1n) is 19.6. The highest BCUT2D eigenvalue weighted by Gasteiger charge is 2.56. The maximum absolute atomic E-state index is 15.6. The van der Waals surface area contributed by atoms with Gasteiger partial charge < -0.3 is 18.1 Å². The van der Waals surface area contributed by atoms with Crippen molar-refractivity contribution in [3.63, 3.8) is 0 Å². The zero-order valence-corrected chi connectivity index (χ0v) is 34.5. The predicted octanol–water partition coefficient (Wildman–Crippen LogP) is 13.2. The lowest BCUT2D eigenvalue weighted by molar-refractivity contribution is 0.192. The lowest BCUT2D eigenvalue weighted by atomic mass is 9.82. The van der Waals surface area contributed by atoms with Crippen LogP contribution in [0, 0.1) is 0 Å². The summed E-state index contributed by atoms with van der Waals surface area (Å²) in [6, 6.07) is 55.8. The Kier molecular flexibility index (Phi) is 13.8. The van der Waals surface area contributed by atoms with Crippen molar-refractivity contribution in [2.24, 2.45) is 0 Å². The molecule has 0 aliphatic carbocycles. The van der Waals surface area contributed by atoms with Gasteiger partial charge in [-0.25, -0.2) is 0 Å². The van der Waals surface area contributed by atoms with E-state index < -0.39 is 25.5 Å². The van der Waals surface area contributed by atoms with E-state index in [0.717, 1.165) is 44.5 Å². The quantitative estimate of drug-likeness (QED) is 0.0601. The molecule has 8 heteroatoms. The van der Waals surface area contributed by atoms with E-state index in [1.165, 1.54) is 0 Å². The van der Waals surface area contributed by atoms with Crippen molar-refractivity contribution in [1.82, 2.24) is 0 Å². The molecule has 0 atom stereocenters. The molecule has 0 fully saturated rings. The van der Waals surface area contributed by atoms with Gasteiger partial charge in [-0.05, 0) is 71.2 Å². The minimum Gasteiger partial charge on any atom is -0.308 e. The van der Waals surface area contributed by atoms with Gasteiger partial charge in [0.1, 0.15) is 10.3 Å². The molecule has 0 amide bonds. The molecule has 0 saturated carbocycles. The first-order valence-corrected chi connectivity index (χ1v) is 22.6. The minimum atomic E-state index is -3.91. The van der Waals surface area contributed by atoms with E-state index in [0.29, 0.717) is 26.1 Å². The summed E-state index contributed by atoms with van der Waals surface area (Å²) in [4.78, 5) is 0. The molecule has 0 aliphatic rings. The Labute approximate surface area is 332 Å². The van der Waals surface area contributed by atoms with E-state index in [1.807, 2.05) is 173 Å². The monoisotopic (exact) mass is 786 g/mol. The third kappa shape index (κ3) is 7.68. The summed E-state index contributed by atoms with van der Waals surface area (Å²) < 4.78 is 56.0. The standard InChI is InChI=1S/C48H52O6P2/c1-5-37-53-56(50,54-38-6-2)48(43-25-17-11-18-26-43,44-27-19-12-20-28-44)46-35-31-40(32-36-46)39-29-33-45(34-30-39)47(41-21-13-9-14-22-41,42-23-15-10-16-24-42)55(49,51-7-3)52-8-4/h9-36H,5-8,37-38H2,1-4H3. The fourth-order valence-corrected chi connectivity index (χ4v) is 12.9. The smallest absolute Gasteiger partial charge is 0.308 e. The summed E-state index contributed by atoms with van der Waals surface area (Å²) in [5, 5.41) is -2.49. The molecule has 0 unspecified atom stereocenters. The Balaban J connectivity index is 1.52. The Morgan fingerprint density at radius 1 is 0.357 bits per heavy atom. The molecule has 0 spiro atoms. The van der Waals surface area contributed by atoms with Crippen LogP contribution in [0.25, 0.3) is 11.1 Å². The minimum absolute atomic E-state index is 0.219. The van der Waals surface area contributed by atoms with E-state index in [9.17, 15) is 0 Å². The highest BCUT2D eigenvalue weighted by atomic mass is 31.2. The van der Waals surface area contributed by atoms with Crippen LogP contribution in [0.15, 0.2) is 170 Å². The van der Waals surface area contributed by atoms with Gasteiger partial charge in [0.25, 0.3) is 0 Å². The summed E-state index contributed by atoms with van der Waals surface area (Å²) in [5.74, 6) is 0. The lowest BCUT2D eigenvalue weighted by Crippen LogP contribution is -2.32. The summed E-state index contributed by atoms with van der Waals surface area (Å²) in [7, 11) is -7.79. The second kappa shape index (κ2) is 18.7. The zero-order chi connectivity index (χ0) is 39.5. The Morgan fingerprint density at radius 2 is 0.607 bits per heavy atom. The Hall–Kier alpha value is -4.38. The van der Waals surface area contributed by atoms with E-state index >= 15 is 9.13 Å². The summed E-state index contributed by atoms with van der Waals surface area (Å²) in [6.07, 6.45) is 1.38. The molecular weight excluding hydrogens is 734 g/mol. The molecule has 290 valence electrons. The molecule has 0 radical (unpaired) electrons. The van der Waals surface area contributed by atoms with Crippen LogP contribution in [0.1, 0.15) is 73.9 Å². The highest BCUT2D eigenvalue weighted by Crippen LogP contribution is 2.72. The van der Waals surface area contributed by atoms with Crippen molar-refractivity contribution in [2.75, 3.05) is 26.4 Å². The zero-order valence-electron chi connectivity index (χ0n) is 32.8. The molecule has 56 heavy (non-hydrogen) atoms. The Bertz CT molecular complexity index is 2090. The van der Waals surface area contributed by atoms with Gasteiger partial charge in [0.05, 0.1) is 26.4 Å². The molecular formula is C48H52O6P2. The maximum atomic E-state index is 15.6. The largest absolute Gasteiger partial charge is 0.349 e. The molecule has 0 saturated heterocycles. The lowest BCUT2D eigenvalue weighted by Gasteiger charge is -2.41. The molecule has 6 nitrogen and oxygen atoms in total. The summed E-state index contributed by atoms with van der Waals surface area (Å²) in [6.45, 7) is 8.72. The molecule has 0 heterocycles. The fraction of sp³-hybridized carbons (Fsp3) is 0.250. The average Bonchev–Trinajstić information content (AvgIpc) is 3.25. The Morgan fingerprint density at radius 3 is 0.857 bits per heavy atom. The fourth-order valence-electron chi connectivity index (χ4n) is 7.70. The van der Waals surface area contributed by atoms with Crippen LogP contribution in [-0.4, -0.2) is 26.4 Å². The third-order valence-electron chi connectivity index (χ3n) is 10.1. The van der Waals surface area contributed by atoms with Crippen molar-refractivity contribution >= 4 is 15.2 Å². The summed E-state index contributed by atoms with van der Waals surface area (Å²) >= 11 is 0. The molecule has 0 bridgehead atoms. The second-order valence-electron chi connectivity index (χ2n) is 13.5. The van der Waals surface area contributed by atoms with Gasteiger partial charge in [0, 0.05) is 0 Å². The number of rotatable bonds is 19. The maximum Gasteiger partial charge on any atom is 0.349 e. The van der Waals surface area contributed by atoms with Crippen LogP contribution in [-0.2, 0) is 37.5 Å². The van der Waals surface area contributed by atoms with Crippen LogP contribution < -0.4 is 0 Å². The number of hydrogen-bond acceptors (Lipinski definition) is 6. The van der Waals surface area contributed by atoms with E-state index in [1.54, 1.807) is 0 Å². The molecule has 6 aromatic carbocycles. The van der Waals surface area contributed by atoms with Gasteiger partial charge >= 0.3 is 15.2 Å². The summed E-state index contributed by atoms with van der Waals surface area (Å²) in [5.41, 5.74) is 6.77. The molecule has 0 aliphatic heterocycles. The predicted molar refractivity (Wildman–Crippen MR) is 228 cm³/mol. The van der Waals surface area contributed by atoms with Crippen molar-refractivity contribution in [1.29, 1.82) is 0 Å². The second-order valence-corrected chi connectivity index (χ2v) is 17.9. The average molecular weight is 787 g/mol. The van der Waals surface area contributed by atoms with Crippen LogP contribution >= 0.6 is 15.2 Å². The van der Waals surface area contributed by atoms with Crippen LogP contribution in [0.5, 0.6) is 0 Å². The van der Waals surface area contributed by atoms with Gasteiger partial charge in [0.2, 0.25) is 0 Å². The van der Waals surface area contributed by atoms with E-state index in [-0.39, 0.29) is 13.2 Å². The highest BCUT2D eigenvalue weighted by molar-refractivity contribution is 7.56. The van der Waals surface area contributed by atoms with Gasteiger partial charge in [-0.1, -0.05) is 184 Å². The van der Waals surface area contributed by atoms with Crippen LogP contribution in [0.2, 0.25) is 0 Å². The van der Waals surface area contributed by atoms with Crippen LogP contribution in [0.3, 0.4) is 0 Å². The molecule has 6 rings (SSSR count). The normalized spacial score (nSPS) is 12.4. The first-order chi connectivity index (χ1) is 27.3. The topological polar surface area (TPSA) is 71.1 Å². The van der Waals surface area contributed by atoms with E-state index in [2.05, 4.69) is 24.3 Å².